The van der Waals surface area contributed by atoms with Gasteiger partial charge in [-0.05, 0) is 49.4 Å². The van der Waals surface area contributed by atoms with E-state index in [0.717, 1.165) is 29.0 Å². The van der Waals surface area contributed by atoms with Crippen LogP contribution in [0.5, 0.6) is 5.75 Å². The number of pyridine rings is 1. The third-order valence-corrected chi connectivity index (χ3v) is 5.81. The fourth-order valence-corrected chi connectivity index (χ4v) is 3.82. The van der Waals surface area contributed by atoms with Crippen LogP contribution in [-0.2, 0) is 32.9 Å². The van der Waals surface area contributed by atoms with Crippen molar-refractivity contribution in [1.29, 1.82) is 0 Å². The number of rotatable bonds is 6. The standard InChI is InChI=1S/C20H23N4O4S/c1-12-21-19-16(22-29(26)28-4)7-14(8-17(19)24(12)10-13-5-6-13)15-9-18(27-3)20(25)23(2)11-15/h7-9,11,13H,5-6,10H2,1-4H3/q-1. The molecule has 8 nitrogen and oxygen atoms in total. The van der Waals surface area contributed by atoms with Gasteiger partial charge >= 0.3 is 0 Å². The van der Waals surface area contributed by atoms with Crippen molar-refractivity contribution in [3.8, 4) is 16.9 Å². The molecule has 2 aromatic heterocycles. The number of ether oxygens (including phenoxy) is 1. The Morgan fingerprint density at radius 3 is 2.66 bits per heavy atom. The van der Waals surface area contributed by atoms with Crippen molar-refractivity contribution in [2.45, 2.75) is 26.3 Å². The van der Waals surface area contributed by atoms with Gasteiger partial charge in [0.1, 0.15) is 11.3 Å². The maximum atomic E-state index is 12.2. The van der Waals surface area contributed by atoms with Crippen molar-refractivity contribution in [1.82, 2.24) is 14.1 Å². The number of hydrogen-bond acceptors (Lipinski definition) is 7. The first-order chi connectivity index (χ1) is 13.9. The van der Waals surface area contributed by atoms with Gasteiger partial charge in [-0.2, -0.15) is 0 Å². The molecular formula is C20H23N4O4S-. The minimum absolute atomic E-state index is 0.211. The fraction of sp³-hybridized carbons (Fsp3) is 0.400. The summed E-state index contributed by atoms with van der Waals surface area (Å²) in [5.41, 5.74) is 3.51. The molecule has 1 fully saturated rings. The molecule has 0 amide bonds. The van der Waals surface area contributed by atoms with Crippen LogP contribution in [0.25, 0.3) is 22.2 Å². The molecule has 1 aliphatic rings. The van der Waals surface area contributed by atoms with E-state index in [4.69, 9.17) is 8.92 Å². The van der Waals surface area contributed by atoms with E-state index in [0.29, 0.717) is 17.1 Å². The molecule has 1 aromatic carbocycles. The highest BCUT2D eigenvalue weighted by atomic mass is 32.2. The summed E-state index contributed by atoms with van der Waals surface area (Å²) < 4.78 is 29.9. The highest BCUT2D eigenvalue weighted by Crippen LogP contribution is 2.37. The molecule has 0 spiro atoms. The predicted octanol–water partition coefficient (Wildman–Crippen LogP) is 3.47. The summed E-state index contributed by atoms with van der Waals surface area (Å²) in [5, 5.41) is 0. The van der Waals surface area contributed by atoms with Gasteiger partial charge in [-0.15, -0.1) is 0 Å². The summed E-state index contributed by atoms with van der Waals surface area (Å²) in [5.74, 6) is 1.81. The molecule has 4 rings (SSSR count). The third-order valence-electron chi connectivity index (χ3n) is 5.18. The quantitative estimate of drug-likeness (QED) is 0.575. The molecule has 2 heterocycles. The molecule has 0 atom stereocenters. The minimum atomic E-state index is -1.81. The van der Waals surface area contributed by atoms with Crippen LogP contribution in [-0.4, -0.2) is 28.3 Å². The third kappa shape index (κ3) is 3.79. The van der Waals surface area contributed by atoms with Crippen molar-refractivity contribution in [3.05, 3.63) is 40.6 Å². The second-order valence-corrected chi connectivity index (χ2v) is 8.21. The van der Waals surface area contributed by atoms with Gasteiger partial charge in [-0.1, -0.05) is 10.9 Å². The lowest BCUT2D eigenvalue weighted by Crippen LogP contribution is -2.17. The van der Waals surface area contributed by atoms with Gasteiger partial charge in [-0.25, -0.2) is 4.98 Å². The number of hydrogen-bond donors (Lipinski definition) is 0. The van der Waals surface area contributed by atoms with Gasteiger partial charge in [0, 0.05) is 32.5 Å². The summed E-state index contributed by atoms with van der Waals surface area (Å²) >= 11 is 0. The second kappa shape index (κ2) is 7.64. The van der Waals surface area contributed by atoms with Gasteiger partial charge in [0.2, 0.25) is 0 Å². The number of fused-ring (bicyclic) bond motifs is 1. The first kappa shape index (κ1) is 19.7. The molecule has 0 bridgehead atoms. The lowest BCUT2D eigenvalue weighted by molar-refractivity contribution is 0.405. The first-order valence-electron chi connectivity index (χ1n) is 9.35. The van der Waals surface area contributed by atoms with Crippen molar-refractivity contribution in [2.75, 3.05) is 14.2 Å². The van der Waals surface area contributed by atoms with Gasteiger partial charge in [0.15, 0.2) is 5.75 Å². The summed E-state index contributed by atoms with van der Waals surface area (Å²) in [7, 11) is 2.68. The average Bonchev–Trinajstić information content (AvgIpc) is 3.47. The number of benzene rings is 1. The summed E-state index contributed by atoms with van der Waals surface area (Å²) in [6.45, 7) is 2.86. The van der Waals surface area contributed by atoms with Crippen LogP contribution in [0.2, 0.25) is 0 Å². The van der Waals surface area contributed by atoms with Crippen molar-refractivity contribution >= 4 is 27.6 Å². The summed E-state index contributed by atoms with van der Waals surface area (Å²) in [6.07, 6.45) is 4.20. The summed E-state index contributed by atoms with van der Waals surface area (Å²) in [4.78, 5) is 16.9. The van der Waals surface area contributed by atoms with E-state index < -0.39 is 10.9 Å². The Kier molecular flexibility index (Phi) is 5.18. The molecule has 1 saturated carbocycles. The number of imidazole rings is 1. The van der Waals surface area contributed by atoms with Crippen LogP contribution in [0.15, 0.2) is 33.6 Å². The smallest absolute Gasteiger partial charge is 0.292 e. The Labute approximate surface area is 170 Å². The van der Waals surface area contributed by atoms with Gasteiger partial charge < -0.3 is 26.6 Å². The van der Waals surface area contributed by atoms with E-state index in [1.165, 1.54) is 31.6 Å². The normalized spacial score (nSPS) is 15.2. The first-order valence-corrected chi connectivity index (χ1v) is 10.4. The van der Waals surface area contributed by atoms with E-state index in [1.807, 2.05) is 19.1 Å². The van der Waals surface area contributed by atoms with Crippen LogP contribution >= 0.6 is 0 Å². The molecule has 29 heavy (non-hydrogen) atoms. The number of aryl methyl sites for hydroxylation is 2. The van der Waals surface area contributed by atoms with Crippen LogP contribution < -0.4 is 10.3 Å². The molecule has 0 aliphatic heterocycles. The monoisotopic (exact) mass is 415 g/mol. The number of nitrogens with zero attached hydrogens (tertiary/aromatic N) is 4. The molecule has 1 aliphatic carbocycles. The largest absolute Gasteiger partial charge is 0.491 e. The Bertz CT molecular complexity index is 1230. The Hall–Kier alpha value is -2.65. The number of methoxy groups -OCH3 is 1. The zero-order valence-corrected chi connectivity index (χ0v) is 17.7. The maximum Gasteiger partial charge on any atom is 0.292 e. The zero-order valence-electron chi connectivity index (χ0n) is 16.8. The average molecular weight is 415 g/mol. The Morgan fingerprint density at radius 1 is 1.24 bits per heavy atom. The molecule has 0 radical (unpaired) electrons. The highest BCUT2D eigenvalue weighted by Gasteiger charge is 2.24. The lowest BCUT2D eigenvalue weighted by Gasteiger charge is -2.12. The topological polar surface area (TPSA) is 87.7 Å². The summed E-state index contributed by atoms with van der Waals surface area (Å²) in [6, 6.07) is 5.55. The molecule has 3 aromatic rings. The number of aromatic nitrogens is 3. The molecule has 9 heteroatoms. The van der Waals surface area contributed by atoms with Crippen molar-refractivity contribution in [3.63, 3.8) is 0 Å². The van der Waals surface area contributed by atoms with Crippen molar-refractivity contribution in [2.24, 2.45) is 17.3 Å². The molecule has 154 valence electrons. The molecule has 0 unspecified atom stereocenters. The van der Waals surface area contributed by atoms with E-state index >= 15 is 0 Å². The minimum Gasteiger partial charge on any atom is -0.491 e. The van der Waals surface area contributed by atoms with E-state index in [1.54, 1.807) is 19.3 Å². The van der Waals surface area contributed by atoms with Crippen molar-refractivity contribution < 1.29 is 13.1 Å². The Morgan fingerprint density at radius 2 is 2.00 bits per heavy atom. The van der Waals surface area contributed by atoms with Crippen LogP contribution in [0, 0.1) is 12.8 Å². The highest BCUT2D eigenvalue weighted by molar-refractivity contribution is 7.69. The lowest BCUT2D eigenvalue weighted by atomic mass is 10.1. The molecule has 0 saturated heterocycles. The maximum absolute atomic E-state index is 12.2. The van der Waals surface area contributed by atoms with E-state index in [9.17, 15) is 9.00 Å². The van der Waals surface area contributed by atoms with E-state index in [2.05, 4.69) is 13.9 Å². The zero-order chi connectivity index (χ0) is 20.7. The van der Waals surface area contributed by atoms with Crippen LogP contribution in [0.4, 0.5) is 5.69 Å². The van der Waals surface area contributed by atoms with Crippen LogP contribution in [0.1, 0.15) is 18.7 Å². The molecule has 0 N–H and O–H groups in total. The SMILES string of the molecule is COc1cc(-c2cc(N=[S-](=O)OC)c3nc(C)n(CC4CC4)c3c2)cn(C)c1=O. The van der Waals surface area contributed by atoms with Gasteiger partial charge in [-0.3, -0.25) is 4.79 Å². The van der Waals surface area contributed by atoms with Crippen LogP contribution in [0.3, 0.4) is 0 Å². The molecular weight excluding hydrogens is 392 g/mol. The van der Waals surface area contributed by atoms with Gasteiger partial charge in [0.05, 0.1) is 18.3 Å². The second-order valence-electron chi connectivity index (χ2n) is 7.26. The predicted molar refractivity (Wildman–Crippen MR) is 112 cm³/mol. The van der Waals surface area contributed by atoms with Gasteiger partial charge in [0.25, 0.3) is 5.56 Å². The Balaban J connectivity index is 1.98. The fourth-order valence-electron chi connectivity index (χ4n) is 3.45. The van der Waals surface area contributed by atoms with E-state index in [-0.39, 0.29) is 11.3 Å².